The number of piperazine rings is 1. The molecule has 4 heteroatoms. The van der Waals surface area contributed by atoms with Gasteiger partial charge in [-0.25, -0.2) is 0 Å². The second-order valence-corrected chi connectivity index (χ2v) is 5.22. The fourth-order valence-electron chi connectivity index (χ4n) is 2.65. The molecule has 0 spiro atoms. The summed E-state index contributed by atoms with van der Waals surface area (Å²) in [5.74, 6) is 0.669. The summed E-state index contributed by atoms with van der Waals surface area (Å²) < 4.78 is 0. The van der Waals surface area contributed by atoms with E-state index in [2.05, 4.69) is 29.1 Å². The molecule has 16 heavy (non-hydrogen) atoms. The van der Waals surface area contributed by atoms with Crippen molar-refractivity contribution in [1.82, 2.24) is 15.1 Å². The van der Waals surface area contributed by atoms with E-state index in [0.29, 0.717) is 11.9 Å². The highest BCUT2D eigenvalue weighted by Crippen LogP contribution is 2.19. The summed E-state index contributed by atoms with van der Waals surface area (Å²) in [4.78, 5) is 16.6. The smallest absolute Gasteiger partial charge is 0.225 e. The van der Waals surface area contributed by atoms with Crippen LogP contribution >= 0.6 is 0 Å². The quantitative estimate of drug-likeness (QED) is 0.690. The molecule has 0 aromatic heterocycles. The molecule has 2 fully saturated rings. The monoisotopic (exact) mass is 225 g/mol. The lowest BCUT2D eigenvalue weighted by atomic mass is 9.95. The first-order valence-corrected chi connectivity index (χ1v) is 6.37. The van der Waals surface area contributed by atoms with Crippen LogP contribution in [0.3, 0.4) is 0 Å². The first kappa shape index (κ1) is 11.9. The standard InChI is InChI=1S/C12H23N3O/c1-10-9-15(8-5-13-10)12(16)11-3-6-14(2)7-4-11/h10-11,13H,3-9H2,1-2H3/t10-/m0/s1. The predicted molar refractivity (Wildman–Crippen MR) is 64.3 cm³/mol. The van der Waals surface area contributed by atoms with Gasteiger partial charge < -0.3 is 15.1 Å². The molecule has 2 aliphatic rings. The highest BCUT2D eigenvalue weighted by molar-refractivity contribution is 5.79. The molecule has 0 bridgehead atoms. The van der Waals surface area contributed by atoms with Crippen LogP contribution < -0.4 is 5.32 Å². The van der Waals surface area contributed by atoms with Crippen molar-refractivity contribution in [2.75, 3.05) is 39.8 Å². The van der Waals surface area contributed by atoms with E-state index in [0.717, 1.165) is 45.6 Å². The van der Waals surface area contributed by atoms with E-state index in [1.54, 1.807) is 0 Å². The van der Waals surface area contributed by atoms with Gasteiger partial charge in [-0.3, -0.25) is 4.79 Å². The van der Waals surface area contributed by atoms with Gasteiger partial charge in [-0.05, 0) is 39.9 Å². The van der Waals surface area contributed by atoms with Gasteiger partial charge in [0, 0.05) is 31.6 Å². The Labute approximate surface area is 98.0 Å². The maximum absolute atomic E-state index is 12.3. The van der Waals surface area contributed by atoms with Gasteiger partial charge in [0.25, 0.3) is 0 Å². The Hall–Kier alpha value is -0.610. The fraction of sp³-hybridized carbons (Fsp3) is 0.917. The molecule has 2 heterocycles. The molecular formula is C12H23N3O. The van der Waals surface area contributed by atoms with Crippen LogP contribution in [0.25, 0.3) is 0 Å². The van der Waals surface area contributed by atoms with E-state index < -0.39 is 0 Å². The molecular weight excluding hydrogens is 202 g/mol. The molecule has 4 nitrogen and oxygen atoms in total. The van der Waals surface area contributed by atoms with Crippen molar-refractivity contribution in [2.45, 2.75) is 25.8 Å². The summed E-state index contributed by atoms with van der Waals surface area (Å²) in [5.41, 5.74) is 0. The summed E-state index contributed by atoms with van der Waals surface area (Å²) in [5, 5.41) is 3.37. The van der Waals surface area contributed by atoms with E-state index in [-0.39, 0.29) is 5.92 Å². The maximum atomic E-state index is 12.3. The van der Waals surface area contributed by atoms with Gasteiger partial charge in [0.1, 0.15) is 0 Å². The molecule has 0 unspecified atom stereocenters. The number of carbonyl (C=O) groups excluding carboxylic acids is 1. The maximum Gasteiger partial charge on any atom is 0.225 e. The zero-order chi connectivity index (χ0) is 11.5. The van der Waals surface area contributed by atoms with Gasteiger partial charge in [0.2, 0.25) is 5.91 Å². The van der Waals surface area contributed by atoms with Crippen LogP contribution in [0.1, 0.15) is 19.8 Å². The lowest BCUT2D eigenvalue weighted by Crippen LogP contribution is -2.53. The highest BCUT2D eigenvalue weighted by atomic mass is 16.2. The molecule has 0 aromatic rings. The van der Waals surface area contributed by atoms with Crippen LogP contribution in [-0.2, 0) is 4.79 Å². The average Bonchev–Trinajstić information content (AvgIpc) is 2.29. The van der Waals surface area contributed by atoms with Crippen molar-refractivity contribution in [3.63, 3.8) is 0 Å². The molecule has 0 aromatic carbocycles. The number of piperidine rings is 1. The Morgan fingerprint density at radius 3 is 2.56 bits per heavy atom. The number of nitrogens with one attached hydrogen (secondary N) is 1. The number of hydrogen-bond donors (Lipinski definition) is 1. The summed E-state index contributed by atoms with van der Waals surface area (Å²) in [6, 6.07) is 0.448. The lowest BCUT2D eigenvalue weighted by molar-refractivity contribution is -0.138. The molecule has 0 radical (unpaired) electrons. The van der Waals surface area contributed by atoms with Crippen LogP contribution in [0.2, 0.25) is 0 Å². The topological polar surface area (TPSA) is 35.6 Å². The minimum absolute atomic E-state index is 0.279. The first-order valence-electron chi connectivity index (χ1n) is 6.37. The molecule has 92 valence electrons. The largest absolute Gasteiger partial charge is 0.340 e. The number of amides is 1. The van der Waals surface area contributed by atoms with Crippen molar-refractivity contribution >= 4 is 5.91 Å². The zero-order valence-corrected chi connectivity index (χ0v) is 10.4. The Morgan fingerprint density at radius 1 is 1.25 bits per heavy atom. The molecule has 2 saturated heterocycles. The predicted octanol–water partition coefficient (Wildman–Crippen LogP) is 0.149. The Kier molecular flexibility index (Phi) is 3.82. The van der Waals surface area contributed by atoms with Gasteiger partial charge in [0.15, 0.2) is 0 Å². The fourth-order valence-corrected chi connectivity index (χ4v) is 2.65. The summed E-state index contributed by atoms with van der Waals surface area (Å²) in [6.45, 7) is 6.99. The molecule has 1 atom stereocenters. The summed E-state index contributed by atoms with van der Waals surface area (Å²) >= 11 is 0. The third kappa shape index (κ3) is 2.74. The SMILES string of the molecule is C[C@H]1CN(C(=O)C2CCN(C)CC2)CCN1. The van der Waals surface area contributed by atoms with Crippen molar-refractivity contribution in [3.05, 3.63) is 0 Å². The van der Waals surface area contributed by atoms with Crippen LogP contribution in [0.4, 0.5) is 0 Å². The summed E-state index contributed by atoms with van der Waals surface area (Å²) in [7, 11) is 2.13. The van der Waals surface area contributed by atoms with E-state index in [9.17, 15) is 4.79 Å². The second kappa shape index (κ2) is 5.15. The Balaban J connectivity index is 1.86. The average molecular weight is 225 g/mol. The second-order valence-electron chi connectivity index (χ2n) is 5.22. The van der Waals surface area contributed by atoms with Crippen molar-refractivity contribution in [1.29, 1.82) is 0 Å². The number of rotatable bonds is 1. The lowest BCUT2D eigenvalue weighted by Gasteiger charge is -2.36. The van der Waals surface area contributed by atoms with Crippen LogP contribution in [0, 0.1) is 5.92 Å². The van der Waals surface area contributed by atoms with Crippen LogP contribution in [-0.4, -0.2) is 61.5 Å². The van der Waals surface area contributed by atoms with Crippen molar-refractivity contribution in [3.8, 4) is 0 Å². The minimum Gasteiger partial charge on any atom is -0.340 e. The molecule has 2 rings (SSSR count). The molecule has 0 aliphatic carbocycles. The van der Waals surface area contributed by atoms with Crippen LogP contribution in [0.15, 0.2) is 0 Å². The first-order chi connectivity index (χ1) is 7.66. The number of likely N-dealkylation sites (tertiary alicyclic amines) is 1. The molecule has 1 N–H and O–H groups in total. The normalized spacial score (nSPS) is 29.4. The zero-order valence-electron chi connectivity index (χ0n) is 10.4. The van der Waals surface area contributed by atoms with Gasteiger partial charge in [-0.2, -0.15) is 0 Å². The molecule has 1 amide bonds. The van der Waals surface area contributed by atoms with Crippen LogP contribution in [0.5, 0.6) is 0 Å². The number of carbonyl (C=O) groups is 1. The van der Waals surface area contributed by atoms with Gasteiger partial charge >= 0.3 is 0 Å². The highest BCUT2D eigenvalue weighted by Gasteiger charge is 2.29. The van der Waals surface area contributed by atoms with Crippen molar-refractivity contribution in [2.24, 2.45) is 5.92 Å². The third-order valence-electron chi connectivity index (χ3n) is 3.75. The Morgan fingerprint density at radius 2 is 1.94 bits per heavy atom. The van der Waals surface area contributed by atoms with E-state index in [1.807, 2.05) is 0 Å². The van der Waals surface area contributed by atoms with Gasteiger partial charge in [-0.15, -0.1) is 0 Å². The van der Waals surface area contributed by atoms with Gasteiger partial charge in [-0.1, -0.05) is 0 Å². The van der Waals surface area contributed by atoms with E-state index >= 15 is 0 Å². The Bertz CT molecular complexity index is 249. The van der Waals surface area contributed by atoms with Crippen molar-refractivity contribution < 1.29 is 4.79 Å². The van der Waals surface area contributed by atoms with Gasteiger partial charge in [0.05, 0.1) is 0 Å². The van der Waals surface area contributed by atoms with E-state index in [4.69, 9.17) is 0 Å². The number of hydrogen-bond acceptors (Lipinski definition) is 3. The molecule has 2 aliphatic heterocycles. The third-order valence-corrected chi connectivity index (χ3v) is 3.75. The number of nitrogens with zero attached hydrogens (tertiary/aromatic N) is 2. The van der Waals surface area contributed by atoms with E-state index in [1.165, 1.54) is 0 Å². The minimum atomic E-state index is 0.279. The summed E-state index contributed by atoms with van der Waals surface area (Å²) in [6.07, 6.45) is 2.07. The molecule has 0 saturated carbocycles.